The second-order valence-electron chi connectivity index (χ2n) is 33.3. The number of nitriles is 1. The molecule has 0 bridgehead atoms. The van der Waals surface area contributed by atoms with E-state index in [1.807, 2.05) is 81.4 Å². The summed E-state index contributed by atoms with van der Waals surface area (Å²) < 4.78 is 123. The van der Waals surface area contributed by atoms with Gasteiger partial charge >= 0.3 is 6.36 Å². The first-order valence-corrected chi connectivity index (χ1v) is 40.9. The van der Waals surface area contributed by atoms with Crippen molar-refractivity contribution >= 4 is 46.4 Å². The monoisotopic (exact) mass is 1610 g/mol. The quantitative estimate of drug-likeness (QED) is 0.0483. The van der Waals surface area contributed by atoms with E-state index < -0.39 is 47.2 Å². The van der Waals surface area contributed by atoms with E-state index in [0.29, 0.717) is 35.4 Å². The minimum Gasteiger partial charge on any atom is -0.406 e. The van der Waals surface area contributed by atoms with Gasteiger partial charge in [0, 0.05) is 77.7 Å². The van der Waals surface area contributed by atoms with Gasteiger partial charge in [-0.2, -0.15) is 5.26 Å². The van der Waals surface area contributed by atoms with Crippen molar-refractivity contribution < 1.29 is 58.6 Å². The fourth-order valence-electron chi connectivity index (χ4n) is 17.2. The van der Waals surface area contributed by atoms with Crippen molar-refractivity contribution in [3.63, 3.8) is 0 Å². The van der Waals surface area contributed by atoms with Crippen LogP contribution in [0.2, 0.25) is 5.02 Å². The van der Waals surface area contributed by atoms with Crippen LogP contribution in [0.1, 0.15) is 139 Å². The Morgan fingerprint density at radius 2 is 0.724 bits per heavy atom. The molecular weight excluding hydrogens is 1510 g/mol. The van der Waals surface area contributed by atoms with E-state index in [-0.39, 0.29) is 68.6 Å². The number of ether oxygens (including phenoxy) is 1. The summed E-state index contributed by atoms with van der Waals surface area (Å²) in [6.45, 7) is 15.0. The number of rotatable bonds is 25. The van der Waals surface area contributed by atoms with Crippen molar-refractivity contribution in [2.75, 3.05) is 74.9 Å². The first-order chi connectivity index (χ1) is 55.7. The molecule has 3 saturated heterocycles. The second-order valence-corrected chi connectivity index (χ2v) is 33.7. The largest absolute Gasteiger partial charge is 0.573 e. The van der Waals surface area contributed by atoms with E-state index in [4.69, 9.17) is 11.6 Å². The molecule has 116 heavy (non-hydrogen) atoms. The van der Waals surface area contributed by atoms with Crippen molar-refractivity contribution in [2.45, 2.75) is 140 Å². The molecule has 608 valence electrons. The molecule has 0 radical (unpaired) electrons. The zero-order valence-corrected chi connectivity index (χ0v) is 66.4. The number of nitrogens with one attached hydrogen (secondary N) is 3. The molecule has 3 N–H and O–H groups in total. The number of amides is 3. The summed E-state index contributed by atoms with van der Waals surface area (Å²) in [5.74, 6) is -5.27. The molecule has 0 spiro atoms. The van der Waals surface area contributed by atoms with Gasteiger partial charge in [0.25, 0.3) is 0 Å². The molecule has 9 aromatic rings. The lowest BCUT2D eigenvalue weighted by atomic mass is 9.67. The van der Waals surface area contributed by atoms with E-state index in [9.17, 15) is 59.2 Å². The van der Waals surface area contributed by atoms with E-state index in [1.165, 1.54) is 92.6 Å². The number of anilines is 3. The Labute approximate surface area is 679 Å². The van der Waals surface area contributed by atoms with Gasteiger partial charge in [-0.25, -0.2) is 26.3 Å². The van der Waals surface area contributed by atoms with E-state index in [1.54, 1.807) is 12.1 Å². The Morgan fingerprint density at radius 3 is 1.03 bits per heavy atom. The Bertz CT molecular complexity index is 4930. The van der Waals surface area contributed by atoms with Gasteiger partial charge in [-0.3, -0.25) is 14.4 Å². The molecule has 3 amide bonds. The predicted molar refractivity (Wildman–Crippen MR) is 439 cm³/mol. The molecule has 3 heterocycles. The van der Waals surface area contributed by atoms with Gasteiger partial charge in [-0.15, -0.1) is 13.2 Å². The first-order valence-electron chi connectivity index (χ1n) is 40.6. The Balaban J connectivity index is 0.000000152. The summed E-state index contributed by atoms with van der Waals surface area (Å²) in [7, 11) is 0. The number of hydrogen-bond donors (Lipinski definition) is 3. The highest BCUT2D eigenvalue weighted by atomic mass is 35.5. The van der Waals surface area contributed by atoms with E-state index in [2.05, 4.69) is 96.1 Å². The normalized spacial score (nSPS) is 18.1. The van der Waals surface area contributed by atoms with Crippen LogP contribution in [-0.2, 0) is 30.6 Å². The number of carbonyl (C=O) groups is 3. The van der Waals surface area contributed by atoms with Gasteiger partial charge in [-0.05, 0) is 292 Å². The van der Waals surface area contributed by atoms with Crippen LogP contribution in [0.3, 0.4) is 0 Å². The first kappa shape index (κ1) is 84.1. The molecule has 3 aliphatic carbocycles. The number of piperidine rings is 3. The standard InChI is InChI=1S/C32H33F5N2O2.C32H33F2N3O.C31H33ClF2N2O/c1-21(30(40)38-26-11-12-28(33)29(34)18-26)19-31(13-15-39(16-14-31)20-22-5-6-22)25-9-7-23(8-10-25)24-3-2-4-27(17-24)41-32(35,36)37;1-22(31(38)36-28-11-12-29(33)30(34)18-28)19-32(13-15-37(16-14-32)21-23-5-6-23)27-9-7-25(8-10-27)26-4-2-3-24(17-26)20-35;1-21(30(37)35-27-11-12-28(33)29(34)18-27)19-31(13-15-36(16-14-31)20-22-5-6-22)25-9-7-23(8-10-25)24-3-2-4-26(32)17-24/h2-4,7-12,17-18,21-22H,5-6,13-16,19-20H2,1H3,(H,38,40);2-4,7-12,17-18,22-23H,5-6,13-16,19,21H2,1H3,(H,36,38);2-4,7-12,17-18,21-22H,5-6,13-16,19-20H2,1H3,(H,35,37). The van der Waals surface area contributed by atoms with Crippen molar-refractivity contribution in [3.05, 3.63) is 262 Å². The lowest BCUT2D eigenvalue weighted by molar-refractivity contribution is -0.274. The zero-order valence-electron chi connectivity index (χ0n) is 65.7. The molecule has 9 aromatic carbocycles. The lowest BCUT2D eigenvalue weighted by Gasteiger charge is -2.44. The minimum absolute atomic E-state index is 0.127. The Hall–Kier alpha value is -9.78. The van der Waals surface area contributed by atoms with E-state index >= 15 is 0 Å². The van der Waals surface area contributed by atoms with Gasteiger partial charge in [0.15, 0.2) is 34.9 Å². The topological polar surface area (TPSA) is 130 Å². The van der Waals surface area contributed by atoms with Crippen molar-refractivity contribution in [1.82, 2.24) is 14.7 Å². The number of likely N-dealkylation sites (tertiary alicyclic amines) is 3. The highest BCUT2D eigenvalue weighted by Crippen LogP contribution is 2.47. The SMILES string of the molecule is CC(CC1(c2ccc(-c3cccc(C#N)c3)cc2)CCN(CC2CC2)CC1)C(=O)Nc1ccc(F)c(F)c1.CC(CC1(c2ccc(-c3cccc(Cl)c3)cc2)CCN(CC2CC2)CC1)C(=O)Nc1ccc(F)c(F)c1.CC(CC1(c2ccc(-c3cccc(OC(F)(F)F)c3)cc2)CCN(CC2CC2)CC1)C(=O)Nc1ccc(F)c(F)c1. The summed E-state index contributed by atoms with van der Waals surface area (Å²) in [5.41, 5.74) is 9.94. The van der Waals surface area contributed by atoms with Crippen LogP contribution >= 0.6 is 11.6 Å². The molecule has 6 fully saturated rings. The maximum Gasteiger partial charge on any atom is 0.573 e. The van der Waals surface area contributed by atoms with Crippen LogP contribution in [0, 0.1) is 81.7 Å². The van der Waals surface area contributed by atoms with Gasteiger partial charge in [-0.1, -0.05) is 142 Å². The third-order valence-electron chi connectivity index (χ3n) is 24.5. The summed E-state index contributed by atoms with van der Waals surface area (Å²) in [4.78, 5) is 46.9. The summed E-state index contributed by atoms with van der Waals surface area (Å²) in [6.07, 6.45) is 10.7. The van der Waals surface area contributed by atoms with Crippen LogP contribution in [0.25, 0.3) is 33.4 Å². The van der Waals surface area contributed by atoms with Crippen molar-refractivity contribution in [1.29, 1.82) is 5.26 Å². The smallest absolute Gasteiger partial charge is 0.406 e. The molecular formula is C95H99ClF9N7O4. The number of carbonyl (C=O) groups excluding carboxylic acids is 3. The Morgan fingerprint density at radius 1 is 0.414 bits per heavy atom. The third-order valence-corrected chi connectivity index (χ3v) is 24.7. The molecule has 21 heteroatoms. The average Bonchev–Trinajstić information content (AvgIpc) is 1.72. The number of hydrogen-bond acceptors (Lipinski definition) is 8. The van der Waals surface area contributed by atoms with E-state index in [0.717, 1.165) is 178 Å². The summed E-state index contributed by atoms with van der Waals surface area (Å²) in [5, 5.41) is 18.2. The molecule has 6 aliphatic rings. The highest BCUT2D eigenvalue weighted by Gasteiger charge is 2.44. The molecule has 15 rings (SSSR count). The third kappa shape index (κ3) is 22.5. The summed E-state index contributed by atoms with van der Waals surface area (Å²) in [6, 6.07) is 58.8. The fourth-order valence-corrected chi connectivity index (χ4v) is 17.4. The summed E-state index contributed by atoms with van der Waals surface area (Å²) >= 11 is 6.20. The minimum atomic E-state index is -4.77. The van der Waals surface area contributed by atoms with Gasteiger partial charge in [0.2, 0.25) is 17.7 Å². The average molecular weight is 1610 g/mol. The lowest BCUT2D eigenvalue weighted by Crippen LogP contribution is -2.45. The molecule has 0 aromatic heterocycles. The highest BCUT2D eigenvalue weighted by molar-refractivity contribution is 6.30. The molecule has 3 aliphatic heterocycles. The van der Waals surface area contributed by atoms with Gasteiger partial charge < -0.3 is 35.4 Å². The molecule has 3 atom stereocenters. The number of halogens is 10. The van der Waals surface area contributed by atoms with Crippen molar-refractivity contribution in [2.24, 2.45) is 35.5 Å². The predicted octanol–water partition coefficient (Wildman–Crippen LogP) is 22.5. The number of benzene rings is 9. The maximum absolute atomic E-state index is 13.7. The van der Waals surface area contributed by atoms with Crippen LogP contribution in [0.15, 0.2) is 200 Å². The molecule has 3 unspecified atom stereocenters. The number of nitrogens with zero attached hydrogens (tertiary/aromatic N) is 4. The van der Waals surface area contributed by atoms with Crippen LogP contribution in [-0.4, -0.2) is 97.7 Å². The maximum atomic E-state index is 13.7. The molecule has 11 nitrogen and oxygen atoms in total. The zero-order chi connectivity index (χ0) is 81.9. The number of alkyl halides is 3. The van der Waals surface area contributed by atoms with Crippen LogP contribution in [0.5, 0.6) is 5.75 Å². The Kier molecular flexibility index (Phi) is 27.0. The van der Waals surface area contributed by atoms with Crippen molar-refractivity contribution in [3.8, 4) is 45.2 Å². The molecule has 3 saturated carbocycles. The second kappa shape index (κ2) is 37.2. The van der Waals surface area contributed by atoms with Gasteiger partial charge in [0.1, 0.15) is 5.75 Å². The van der Waals surface area contributed by atoms with Crippen LogP contribution < -0.4 is 20.7 Å². The van der Waals surface area contributed by atoms with Gasteiger partial charge in [0.05, 0.1) is 11.6 Å². The van der Waals surface area contributed by atoms with Crippen LogP contribution in [0.4, 0.5) is 56.6 Å². The fraction of sp³-hybridized carbons (Fsp3) is 0.389.